The van der Waals surface area contributed by atoms with Crippen molar-refractivity contribution in [2.24, 2.45) is 5.92 Å². The van der Waals surface area contributed by atoms with Gasteiger partial charge in [0.05, 0.1) is 13.2 Å². The molecule has 0 radical (unpaired) electrons. The van der Waals surface area contributed by atoms with Gasteiger partial charge in [0.15, 0.2) is 0 Å². The maximum Gasteiger partial charge on any atom is 0.106 e. The average Bonchev–Trinajstić information content (AvgIpc) is 2.72. The third-order valence-corrected chi connectivity index (χ3v) is 2.82. The fourth-order valence-corrected chi connectivity index (χ4v) is 1.74. The Morgan fingerprint density at radius 3 is 2.81 bits per heavy atom. The van der Waals surface area contributed by atoms with E-state index in [4.69, 9.17) is 14.2 Å². The zero-order valence-electron chi connectivity index (χ0n) is 10.8. The van der Waals surface area contributed by atoms with Crippen LogP contribution >= 0.6 is 0 Å². The molecule has 1 aliphatic rings. The Bertz CT molecular complexity index is 179. The molecule has 1 N–H and O–H groups in total. The second kappa shape index (κ2) is 7.22. The summed E-state index contributed by atoms with van der Waals surface area (Å²) in [7, 11) is 1.76. The van der Waals surface area contributed by atoms with E-state index in [0.717, 1.165) is 39.3 Å². The monoisotopic (exact) mass is 231 g/mol. The summed E-state index contributed by atoms with van der Waals surface area (Å²) in [5, 5.41) is 3.36. The summed E-state index contributed by atoms with van der Waals surface area (Å²) >= 11 is 0. The van der Waals surface area contributed by atoms with Gasteiger partial charge in [-0.25, -0.2) is 0 Å². The van der Waals surface area contributed by atoms with Crippen molar-refractivity contribution < 1.29 is 14.2 Å². The summed E-state index contributed by atoms with van der Waals surface area (Å²) in [6, 6.07) is 0. The maximum atomic E-state index is 5.52. The Morgan fingerprint density at radius 1 is 1.44 bits per heavy atom. The SMILES string of the molecule is COC1(CNCCOCC(C)C)CCOC1. The van der Waals surface area contributed by atoms with E-state index in [1.165, 1.54) is 0 Å². The highest BCUT2D eigenvalue weighted by atomic mass is 16.5. The molecule has 1 saturated heterocycles. The Labute approximate surface area is 98.6 Å². The van der Waals surface area contributed by atoms with Gasteiger partial charge in [0.25, 0.3) is 0 Å². The van der Waals surface area contributed by atoms with Gasteiger partial charge in [-0.1, -0.05) is 13.8 Å². The standard InChI is InChI=1S/C12H25NO3/c1-11(2)8-15-7-5-13-9-12(14-3)4-6-16-10-12/h11,13H,4-10H2,1-3H3. The molecule has 0 aromatic heterocycles. The number of hydrogen-bond donors (Lipinski definition) is 1. The molecule has 1 aliphatic heterocycles. The molecule has 96 valence electrons. The fraction of sp³-hybridized carbons (Fsp3) is 1.00. The van der Waals surface area contributed by atoms with Gasteiger partial charge in [0.1, 0.15) is 5.60 Å². The molecule has 0 aromatic carbocycles. The van der Waals surface area contributed by atoms with Gasteiger partial charge in [0.2, 0.25) is 0 Å². The van der Waals surface area contributed by atoms with Crippen molar-refractivity contribution >= 4 is 0 Å². The number of methoxy groups -OCH3 is 1. The third kappa shape index (κ3) is 4.78. The normalized spacial score (nSPS) is 25.5. The van der Waals surface area contributed by atoms with Crippen molar-refractivity contribution in [3.05, 3.63) is 0 Å². The van der Waals surface area contributed by atoms with E-state index in [1.807, 2.05) is 0 Å². The average molecular weight is 231 g/mol. The van der Waals surface area contributed by atoms with Crippen molar-refractivity contribution in [1.82, 2.24) is 5.32 Å². The molecule has 1 unspecified atom stereocenters. The van der Waals surface area contributed by atoms with Crippen LogP contribution in [0.15, 0.2) is 0 Å². The largest absolute Gasteiger partial charge is 0.380 e. The highest BCUT2D eigenvalue weighted by Crippen LogP contribution is 2.21. The van der Waals surface area contributed by atoms with Crippen LogP contribution in [0.1, 0.15) is 20.3 Å². The molecule has 4 heteroatoms. The quantitative estimate of drug-likeness (QED) is 0.634. The first-order valence-electron chi connectivity index (χ1n) is 6.10. The van der Waals surface area contributed by atoms with Crippen molar-refractivity contribution in [2.75, 3.05) is 46.6 Å². The molecule has 1 rings (SSSR count). The Morgan fingerprint density at radius 2 is 2.25 bits per heavy atom. The van der Waals surface area contributed by atoms with Crippen molar-refractivity contribution in [2.45, 2.75) is 25.9 Å². The Kier molecular flexibility index (Phi) is 6.28. The van der Waals surface area contributed by atoms with Gasteiger partial charge in [-0.05, 0) is 5.92 Å². The van der Waals surface area contributed by atoms with Gasteiger partial charge >= 0.3 is 0 Å². The maximum absolute atomic E-state index is 5.52. The van der Waals surface area contributed by atoms with Gasteiger partial charge < -0.3 is 19.5 Å². The predicted molar refractivity (Wildman–Crippen MR) is 63.7 cm³/mol. The van der Waals surface area contributed by atoms with Crippen LogP contribution in [0.2, 0.25) is 0 Å². The van der Waals surface area contributed by atoms with Crippen molar-refractivity contribution in [3.63, 3.8) is 0 Å². The lowest BCUT2D eigenvalue weighted by atomic mass is 10.0. The van der Waals surface area contributed by atoms with Crippen LogP contribution < -0.4 is 5.32 Å². The van der Waals surface area contributed by atoms with Gasteiger partial charge in [-0.3, -0.25) is 0 Å². The van der Waals surface area contributed by atoms with Crippen molar-refractivity contribution in [3.8, 4) is 0 Å². The first-order valence-corrected chi connectivity index (χ1v) is 6.10. The number of hydrogen-bond acceptors (Lipinski definition) is 4. The summed E-state index contributed by atoms with van der Waals surface area (Å²) in [4.78, 5) is 0. The van der Waals surface area contributed by atoms with Crippen LogP contribution in [0.25, 0.3) is 0 Å². The van der Waals surface area contributed by atoms with E-state index < -0.39 is 0 Å². The molecule has 4 nitrogen and oxygen atoms in total. The second-order valence-corrected chi connectivity index (χ2v) is 4.84. The van der Waals surface area contributed by atoms with Crippen LogP contribution in [-0.2, 0) is 14.2 Å². The van der Waals surface area contributed by atoms with E-state index in [0.29, 0.717) is 12.5 Å². The summed E-state index contributed by atoms with van der Waals surface area (Å²) in [5.74, 6) is 0.605. The molecule has 1 fully saturated rings. The van der Waals surface area contributed by atoms with Crippen molar-refractivity contribution in [1.29, 1.82) is 0 Å². The number of nitrogens with one attached hydrogen (secondary N) is 1. The third-order valence-electron chi connectivity index (χ3n) is 2.82. The molecular formula is C12H25NO3. The summed E-state index contributed by atoms with van der Waals surface area (Å²) in [6.45, 7) is 9.13. The zero-order chi connectivity index (χ0) is 11.9. The summed E-state index contributed by atoms with van der Waals surface area (Å²) in [5.41, 5.74) is -0.113. The zero-order valence-corrected chi connectivity index (χ0v) is 10.8. The molecular weight excluding hydrogens is 206 g/mol. The number of ether oxygens (including phenoxy) is 3. The minimum Gasteiger partial charge on any atom is -0.380 e. The van der Waals surface area contributed by atoms with E-state index in [-0.39, 0.29) is 5.60 Å². The molecule has 0 aliphatic carbocycles. The predicted octanol–water partition coefficient (Wildman–Crippen LogP) is 1.05. The Hall–Kier alpha value is -0.160. The molecule has 0 spiro atoms. The number of rotatable bonds is 8. The molecule has 0 bridgehead atoms. The lowest BCUT2D eigenvalue weighted by Gasteiger charge is -2.26. The second-order valence-electron chi connectivity index (χ2n) is 4.84. The minimum absolute atomic E-state index is 0.113. The van der Waals surface area contributed by atoms with Gasteiger partial charge in [0, 0.05) is 39.8 Å². The van der Waals surface area contributed by atoms with E-state index in [2.05, 4.69) is 19.2 Å². The highest BCUT2D eigenvalue weighted by molar-refractivity contribution is 4.86. The van der Waals surface area contributed by atoms with Gasteiger partial charge in [-0.15, -0.1) is 0 Å². The van der Waals surface area contributed by atoms with E-state index in [1.54, 1.807) is 7.11 Å². The molecule has 0 saturated carbocycles. The summed E-state index contributed by atoms with van der Waals surface area (Å²) in [6.07, 6.45) is 0.976. The van der Waals surface area contributed by atoms with E-state index >= 15 is 0 Å². The molecule has 1 atom stereocenters. The first-order chi connectivity index (χ1) is 7.68. The van der Waals surface area contributed by atoms with Crippen LogP contribution in [-0.4, -0.2) is 52.2 Å². The lowest BCUT2D eigenvalue weighted by molar-refractivity contribution is -0.0168. The minimum atomic E-state index is -0.113. The first kappa shape index (κ1) is 13.9. The van der Waals surface area contributed by atoms with Crippen LogP contribution in [0, 0.1) is 5.92 Å². The summed E-state index contributed by atoms with van der Waals surface area (Å²) < 4.78 is 16.4. The van der Waals surface area contributed by atoms with Crippen LogP contribution in [0.3, 0.4) is 0 Å². The lowest BCUT2D eigenvalue weighted by Crippen LogP contribution is -2.43. The van der Waals surface area contributed by atoms with E-state index in [9.17, 15) is 0 Å². The topological polar surface area (TPSA) is 39.7 Å². The molecule has 16 heavy (non-hydrogen) atoms. The van der Waals surface area contributed by atoms with Gasteiger partial charge in [-0.2, -0.15) is 0 Å². The fourth-order valence-electron chi connectivity index (χ4n) is 1.74. The van der Waals surface area contributed by atoms with Crippen LogP contribution in [0.5, 0.6) is 0 Å². The van der Waals surface area contributed by atoms with Crippen LogP contribution in [0.4, 0.5) is 0 Å². The molecule has 0 amide bonds. The smallest absolute Gasteiger partial charge is 0.106 e. The Balaban J connectivity index is 2.01. The molecule has 0 aromatic rings. The molecule has 1 heterocycles. The highest BCUT2D eigenvalue weighted by Gasteiger charge is 2.34.